The van der Waals surface area contributed by atoms with Gasteiger partial charge in [0.1, 0.15) is 6.61 Å². The van der Waals surface area contributed by atoms with Crippen LogP contribution in [0, 0.1) is 0 Å². The second-order valence-corrected chi connectivity index (χ2v) is 14.2. The van der Waals surface area contributed by atoms with Gasteiger partial charge in [-0.3, -0.25) is 24.1 Å². The first-order chi connectivity index (χ1) is 26.1. The van der Waals surface area contributed by atoms with Gasteiger partial charge < -0.3 is 19.7 Å². The Bertz CT molecular complexity index is 2480. The summed E-state index contributed by atoms with van der Waals surface area (Å²) in [4.78, 5) is 68.6. The molecule has 2 N–H and O–H groups in total. The van der Waals surface area contributed by atoms with E-state index < -0.39 is 11.6 Å². The van der Waals surface area contributed by atoms with E-state index in [0.29, 0.717) is 67.8 Å². The molecule has 0 saturated carbocycles. The first-order valence-corrected chi connectivity index (χ1v) is 18.6. The topological polar surface area (TPSA) is 148 Å². The fraction of sp³-hybridized carbons (Fsp3) is 0.302. The van der Waals surface area contributed by atoms with Crippen LogP contribution < -0.4 is 10.9 Å². The monoisotopic (exact) mass is 724 g/mol. The number of aliphatic hydroxyl groups is 1. The Labute approximate surface area is 311 Å². The maximum atomic E-state index is 13.8. The number of nitrogens with one attached hydrogen (secondary N) is 1. The van der Waals surface area contributed by atoms with Gasteiger partial charge in [-0.15, -0.1) is 0 Å². The van der Waals surface area contributed by atoms with Gasteiger partial charge in [-0.1, -0.05) is 62.7 Å². The number of carbonyl (C=O) groups is 4. The molecule has 3 amide bonds. The molecule has 3 aliphatic heterocycles. The van der Waals surface area contributed by atoms with Crippen LogP contribution in [0.1, 0.15) is 73.8 Å². The van der Waals surface area contributed by atoms with E-state index in [0.717, 1.165) is 55.9 Å². The summed E-state index contributed by atoms with van der Waals surface area (Å²) < 4.78 is 6.93. The Morgan fingerprint density at radius 1 is 0.907 bits per heavy atom. The average molecular weight is 725 g/mol. The van der Waals surface area contributed by atoms with E-state index in [9.17, 15) is 29.1 Å². The summed E-state index contributed by atoms with van der Waals surface area (Å²) >= 11 is 0. The van der Waals surface area contributed by atoms with Gasteiger partial charge in [-0.05, 0) is 76.9 Å². The van der Waals surface area contributed by atoms with E-state index in [2.05, 4.69) is 48.6 Å². The molecule has 0 fully saturated rings. The third-order valence-electron chi connectivity index (χ3n) is 11.1. The Kier molecular flexibility index (Phi) is 8.97. The summed E-state index contributed by atoms with van der Waals surface area (Å²) in [6.45, 7) is 4.76. The van der Waals surface area contributed by atoms with E-state index in [-0.39, 0.29) is 36.3 Å². The lowest BCUT2D eigenvalue weighted by atomic mass is 9.86. The number of fused-ring (bicyclic) bond motifs is 7. The molecule has 1 atom stereocenters. The van der Waals surface area contributed by atoms with Gasteiger partial charge in [0, 0.05) is 48.2 Å². The highest BCUT2D eigenvalue weighted by Crippen LogP contribution is 2.42. The van der Waals surface area contributed by atoms with Crippen molar-refractivity contribution in [2.75, 3.05) is 6.54 Å². The molecule has 2 aromatic heterocycles. The van der Waals surface area contributed by atoms with Gasteiger partial charge in [0.2, 0.25) is 5.91 Å². The molecule has 11 nitrogen and oxygen atoms in total. The second-order valence-electron chi connectivity index (χ2n) is 14.2. The lowest BCUT2D eigenvalue weighted by Crippen LogP contribution is -2.44. The first-order valence-electron chi connectivity index (χ1n) is 18.6. The highest BCUT2D eigenvalue weighted by atomic mass is 16.6. The molecule has 3 aromatic carbocycles. The van der Waals surface area contributed by atoms with Crippen molar-refractivity contribution in [3.05, 3.63) is 111 Å². The van der Waals surface area contributed by atoms with Crippen LogP contribution in [-0.2, 0) is 55.6 Å². The molecule has 8 rings (SSSR count). The van der Waals surface area contributed by atoms with Crippen LogP contribution in [-0.4, -0.2) is 49.8 Å². The second kappa shape index (κ2) is 13.8. The van der Waals surface area contributed by atoms with Crippen LogP contribution in [0.25, 0.3) is 44.2 Å². The number of amides is 3. The van der Waals surface area contributed by atoms with Crippen LogP contribution in [0.3, 0.4) is 0 Å². The van der Waals surface area contributed by atoms with Gasteiger partial charge in [-0.25, -0.2) is 9.78 Å². The van der Waals surface area contributed by atoms with Gasteiger partial charge in [0.25, 0.3) is 17.4 Å². The SMILES string of the molecule is CCc1c2c(nc3ccc4ccc(-c5ccc(CNC(=O)CCCCCN6C(=O)C=CC6=O)cc5)cc4c13)-c1cc3c(c(=O)n1C2)COC(=O)[C@]3(O)CC. The van der Waals surface area contributed by atoms with Crippen molar-refractivity contribution < 1.29 is 29.0 Å². The van der Waals surface area contributed by atoms with Crippen molar-refractivity contribution >= 4 is 45.4 Å². The molecule has 11 heteroatoms. The quantitative estimate of drug-likeness (QED) is 0.0764. The number of aromatic nitrogens is 2. The van der Waals surface area contributed by atoms with Crippen molar-refractivity contribution in [1.82, 2.24) is 19.8 Å². The van der Waals surface area contributed by atoms with E-state index in [4.69, 9.17) is 9.72 Å². The molecule has 0 saturated heterocycles. The Morgan fingerprint density at radius 3 is 2.39 bits per heavy atom. The minimum absolute atomic E-state index is 0.0403. The summed E-state index contributed by atoms with van der Waals surface area (Å²) in [6.07, 6.45) is 5.84. The number of ether oxygens (including phenoxy) is 1. The third-order valence-corrected chi connectivity index (χ3v) is 11.1. The summed E-state index contributed by atoms with van der Waals surface area (Å²) in [6, 6.07) is 20.3. The molecule has 5 aromatic rings. The number of imide groups is 1. The summed E-state index contributed by atoms with van der Waals surface area (Å²) in [5.41, 5.74) is 5.68. The van der Waals surface area contributed by atoms with Crippen molar-refractivity contribution in [2.45, 2.75) is 77.7 Å². The molecule has 5 heterocycles. The number of aryl methyl sites for hydroxylation is 1. The lowest BCUT2D eigenvalue weighted by molar-refractivity contribution is -0.172. The number of esters is 1. The number of nitrogens with zero attached hydrogens (tertiary/aromatic N) is 3. The van der Waals surface area contributed by atoms with Gasteiger partial charge in [-0.2, -0.15) is 0 Å². The molecule has 0 unspecified atom stereocenters. The van der Waals surface area contributed by atoms with Crippen molar-refractivity contribution in [1.29, 1.82) is 0 Å². The maximum absolute atomic E-state index is 13.8. The largest absolute Gasteiger partial charge is 0.458 e. The maximum Gasteiger partial charge on any atom is 0.343 e. The molecule has 3 aliphatic rings. The van der Waals surface area contributed by atoms with Crippen molar-refractivity contribution in [3.63, 3.8) is 0 Å². The van der Waals surface area contributed by atoms with E-state index in [1.165, 1.54) is 17.1 Å². The summed E-state index contributed by atoms with van der Waals surface area (Å²) in [7, 11) is 0. The van der Waals surface area contributed by atoms with Gasteiger partial charge in [0.05, 0.1) is 29.0 Å². The van der Waals surface area contributed by atoms with Crippen LogP contribution in [0.5, 0.6) is 0 Å². The molecule has 0 bridgehead atoms. The number of unbranched alkanes of at least 4 members (excludes halogenated alkanes) is 2. The molecule has 54 heavy (non-hydrogen) atoms. The minimum Gasteiger partial charge on any atom is -0.458 e. The Morgan fingerprint density at radius 2 is 1.65 bits per heavy atom. The summed E-state index contributed by atoms with van der Waals surface area (Å²) in [5, 5.41) is 17.4. The first kappa shape index (κ1) is 35.1. The molecule has 274 valence electrons. The molecular weight excluding hydrogens is 684 g/mol. The lowest BCUT2D eigenvalue weighted by Gasteiger charge is -2.31. The number of hydrogen-bond acceptors (Lipinski definition) is 8. The number of carbonyl (C=O) groups excluding carboxylic acids is 4. The zero-order valence-electron chi connectivity index (χ0n) is 30.2. The van der Waals surface area contributed by atoms with Crippen molar-refractivity contribution in [3.8, 4) is 22.5 Å². The molecule has 0 aliphatic carbocycles. The third kappa shape index (κ3) is 5.89. The fourth-order valence-electron chi connectivity index (χ4n) is 8.05. The molecule has 0 spiro atoms. The predicted octanol–water partition coefficient (Wildman–Crippen LogP) is 5.56. The smallest absolute Gasteiger partial charge is 0.343 e. The van der Waals surface area contributed by atoms with Gasteiger partial charge >= 0.3 is 5.97 Å². The van der Waals surface area contributed by atoms with E-state index in [1.54, 1.807) is 17.6 Å². The highest BCUT2D eigenvalue weighted by Gasteiger charge is 2.45. The fourth-order valence-corrected chi connectivity index (χ4v) is 8.05. The standard InChI is InChI=1S/C43H40N4O7/c1-3-29-31-23-47-35(21-33-32(41(47)51)24-54-42(52)43(33,53)4-2)40(31)45-34-16-15-27-13-14-28(20-30(27)39(29)34)26-11-9-25(10-12-26)22-44-36(48)8-6-5-7-19-46-37(49)17-18-38(46)50/h9-18,20-21,53H,3-8,19,22-24H2,1-2H3,(H,44,48)/t43-/m0/s1. The van der Waals surface area contributed by atoms with E-state index >= 15 is 0 Å². The average Bonchev–Trinajstić information content (AvgIpc) is 3.72. The van der Waals surface area contributed by atoms with Crippen molar-refractivity contribution in [2.24, 2.45) is 0 Å². The normalized spacial score (nSPS) is 17.2. The Balaban J connectivity index is 1.01. The number of rotatable bonds is 11. The zero-order valence-corrected chi connectivity index (χ0v) is 30.2. The number of cyclic esters (lactones) is 1. The van der Waals surface area contributed by atoms with Crippen LogP contribution in [0.15, 0.2) is 77.6 Å². The van der Waals surface area contributed by atoms with E-state index in [1.807, 2.05) is 18.2 Å². The zero-order chi connectivity index (χ0) is 37.7. The molecule has 0 radical (unpaired) electrons. The minimum atomic E-state index is -1.88. The highest BCUT2D eigenvalue weighted by molar-refractivity contribution is 6.13. The number of pyridine rings is 2. The summed E-state index contributed by atoms with van der Waals surface area (Å²) in [5.74, 6) is -1.34. The Hall–Kier alpha value is -5.94. The number of hydrogen-bond donors (Lipinski definition) is 2. The van der Waals surface area contributed by atoms with Gasteiger partial charge in [0.15, 0.2) is 5.60 Å². The molecular formula is C43H40N4O7. The number of benzene rings is 3. The van der Waals surface area contributed by atoms with Crippen LogP contribution in [0.4, 0.5) is 0 Å². The van der Waals surface area contributed by atoms with Crippen LogP contribution >= 0.6 is 0 Å². The predicted molar refractivity (Wildman–Crippen MR) is 203 cm³/mol. The van der Waals surface area contributed by atoms with Crippen LogP contribution in [0.2, 0.25) is 0 Å².